The molecule has 0 amide bonds. The first-order valence-electron chi connectivity index (χ1n) is 9.15. The standard InChI is InChI=1S/C19H30O2/c1-18-8-3-4-15(18)14-6-5-12-10-13(20)7-9-19(12,2)17(14)16(21)11-18/h12-15,17,20H,3-11H2,1-2H3/t12-,13+,14-,15-,17+,18-,19-/m0/s1. The molecule has 4 fully saturated rings. The molecule has 2 heteroatoms. The van der Waals surface area contributed by atoms with Gasteiger partial charge in [0, 0.05) is 12.3 Å². The van der Waals surface area contributed by atoms with Gasteiger partial charge < -0.3 is 5.11 Å². The minimum absolute atomic E-state index is 0.116. The molecule has 0 saturated heterocycles. The Bertz CT molecular complexity index is 458. The predicted octanol–water partition coefficient (Wildman–Crippen LogP) is 3.96. The van der Waals surface area contributed by atoms with E-state index in [-0.39, 0.29) is 11.5 Å². The van der Waals surface area contributed by atoms with Gasteiger partial charge in [-0.05, 0) is 73.5 Å². The molecule has 7 atom stereocenters. The van der Waals surface area contributed by atoms with Gasteiger partial charge in [-0.15, -0.1) is 0 Å². The van der Waals surface area contributed by atoms with Crippen molar-refractivity contribution in [3.05, 3.63) is 0 Å². The molecule has 4 aliphatic rings. The zero-order valence-corrected chi connectivity index (χ0v) is 13.6. The van der Waals surface area contributed by atoms with Crippen molar-refractivity contribution in [2.45, 2.75) is 77.7 Å². The van der Waals surface area contributed by atoms with E-state index in [0.717, 1.165) is 31.6 Å². The van der Waals surface area contributed by atoms with Crippen molar-refractivity contribution in [1.29, 1.82) is 0 Å². The van der Waals surface area contributed by atoms with E-state index in [2.05, 4.69) is 13.8 Å². The van der Waals surface area contributed by atoms with E-state index in [1.165, 1.54) is 32.1 Å². The molecule has 0 unspecified atom stereocenters. The normalized spacial score (nSPS) is 56.5. The van der Waals surface area contributed by atoms with Gasteiger partial charge in [0.2, 0.25) is 0 Å². The van der Waals surface area contributed by atoms with Crippen LogP contribution in [0.15, 0.2) is 0 Å². The predicted molar refractivity (Wildman–Crippen MR) is 82.7 cm³/mol. The lowest BCUT2D eigenvalue weighted by atomic mass is 9.45. The average Bonchev–Trinajstić information content (AvgIpc) is 2.80. The molecule has 21 heavy (non-hydrogen) atoms. The molecule has 0 bridgehead atoms. The van der Waals surface area contributed by atoms with Crippen LogP contribution in [0.25, 0.3) is 0 Å². The summed E-state index contributed by atoms with van der Waals surface area (Å²) in [5.74, 6) is 2.90. The molecule has 118 valence electrons. The first-order valence-corrected chi connectivity index (χ1v) is 9.15. The second kappa shape index (κ2) is 4.57. The fraction of sp³-hybridized carbons (Fsp3) is 0.947. The van der Waals surface area contributed by atoms with Crippen LogP contribution in [0.4, 0.5) is 0 Å². The van der Waals surface area contributed by atoms with E-state index < -0.39 is 0 Å². The summed E-state index contributed by atoms with van der Waals surface area (Å²) in [6, 6.07) is 0. The molecule has 4 aliphatic carbocycles. The Kier molecular flexibility index (Phi) is 3.10. The van der Waals surface area contributed by atoms with Crippen molar-refractivity contribution in [3.63, 3.8) is 0 Å². The Morgan fingerprint density at radius 3 is 2.71 bits per heavy atom. The lowest BCUT2D eigenvalue weighted by molar-refractivity contribution is -0.159. The summed E-state index contributed by atoms with van der Waals surface area (Å²) >= 11 is 0. The highest BCUT2D eigenvalue weighted by Gasteiger charge is 2.60. The van der Waals surface area contributed by atoms with E-state index in [0.29, 0.717) is 29.0 Å². The van der Waals surface area contributed by atoms with Gasteiger partial charge in [-0.3, -0.25) is 4.79 Å². The first kappa shape index (κ1) is 14.2. The number of aliphatic hydroxyl groups excluding tert-OH is 1. The quantitative estimate of drug-likeness (QED) is 0.733. The van der Waals surface area contributed by atoms with Crippen LogP contribution in [0, 0.1) is 34.5 Å². The van der Waals surface area contributed by atoms with Crippen LogP contribution in [-0.4, -0.2) is 17.0 Å². The highest BCUT2D eigenvalue weighted by molar-refractivity contribution is 5.84. The molecular formula is C19H30O2. The number of hydrogen-bond donors (Lipinski definition) is 1. The van der Waals surface area contributed by atoms with Gasteiger partial charge >= 0.3 is 0 Å². The molecule has 4 rings (SSSR count). The van der Waals surface area contributed by atoms with Crippen LogP contribution in [0.5, 0.6) is 0 Å². The minimum atomic E-state index is -0.116. The smallest absolute Gasteiger partial charge is 0.137 e. The Morgan fingerprint density at radius 1 is 1.10 bits per heavy atom. The number of rotatable bonds is 0. The molecule has 1 N–H and O–H groups in total. The van der Waals surface area contributed by atoms with Gasteiger partial charge in [-0.1, -0.05) is 20.3 Å². The third kappa shape index (κ3) is 1.90. The van der Waals surface area contributed by atoms with E-state index in [1.807, 2.05) is 0 Å². The molecule has 0 aliphatic heterocycles. The van der Waals surface area contributed by atoms with E-state index in [4.69, 9.17) is 0 Å². The van der Waals surface area contributed by atoms with Gasteiger partial charge in [-0.25, -0.2) is 0 Å². The molecule has 0 radical (unpaired) electrons. The number of hydrogen-bond acceptors (Lipinski definition) is 2. The molecule has 4 saturated carbocycles. The summed E-state index contributed by atoms with van der Waals surface area (Å²) in [6.45, 7) is 4.77. The Balaban J connectivity index is 1.69. The lowest BCUT2D eigenvalue weighted by Gasteiger charge is -2.59. The van der Waals surface area contributed by atoms with Crippen LogP contribution >= 0.6 is 0 Å². The second-order valence-corrected chi connectivity index (χ2v) is 9.15. The van der Waals surface area contributed by atoms with E-state index in [9.17, 15) is 9.90 Å². The topological polar surface area (TPSA) is 37.3 Å². The fourth-order valence-corrected chi connectivity index (χ4v) is 7.06. The largest absolute Gasteiger partial charge is 0.393 e. The van der Waals surface area contributed by atoms with Gasteiger partial charge in [0.1, 0.15) is 5.78 Å². The zero-order valence-electron chi connectivity index (χ0n) is 13.6. The summed E-state index contributed by atoms with van der Waals surface area (Å²) < 4.78 is 0. The molecular weight excluding hydrogens is 260 g/mol. The Labute approximate surface area is 128 Å². The monoisotopic (exact) mass is 290 g/mol. The number of carbonyl (C=O) groups is 1. The van der Waals surface area contributed by atoms with Crippen molar-refractivity contribution in [1.82, 2.24) is 0 Å². The van der Waals surface area contributed by atoms with E-state index >= 15 is 0 Å². The second-order valence-electron chi connectivity index (χ2n) is 9.15. The summed E-state index contributed by atoms with van der Waals surface area (Å²) in [6.07, 6.45) is 10.1. The number of Topliss-reactive ketones (excluding diaryl/α,β-unsaturated/α-hetero) is 1. The zero-order chi connectivity index (χ0) is 14.8. The van der Waals surface area contributed by atoms with E-state index in [1.54, 1.807) is 0 Å². The van der Waals surface area contributed by atoms with Crippen LogP contribution < -0.4 is 0 Å². The van der Waals surface area contributed by atoms with Crippen LogP contribution in [0.2, 0.25) is 0 Å². The third-order valence-electron chi connectivity index (χ3n) is 8.09. The van der Waals surface area contributed by atoms with Crippen molar-refractivity contribution in [2.24, 2.45) is 34.5 Å². The van der Waals surface area contributed by atoms with Crippen molar-refractivity contribution in [3.8, 4) is 0 Å². The molecule has 0 aromatic carbocycles. The summed E-state index contributed by atoms with van der Waals surface area (Å²) in [5.41, 5.74) is 0.499. The Morgan fingerprint density at radius 2 is 1.90 bits per heavy atom. The number of aliphatic hydroxyl groups is 1. The minimum Gasteiger partial charge on any atom is -0.393 e. The maximum atomic E-state index is 13.1. The number of carbonyl (C=O) groups excluding carboxylic acids is 1. The van der Waals surface area contributed by atoms with Crippen molar-refractivity contribution < 1.29 is 9.90 Å². The molecule has 0 spiro atoms. The van der Waals surface area contributed by atoms with Crippen LogP contribution in [-0.2, 0) is 4.79 Å². The lowest BCUT2D eigenvalue weighted by Crippen LogP contribution is -2.56. The molecule has 0 aromatic rings. The van der Waals surface area contributed by atoms with Gasteiger partial charge in [-0.2, -0.15) is 0 Å². The van der Waals surface area contributed by atoms with Crippen LogP contribution in [0.1, 0.15) is 71.6 Å². The number of ketones is 1. The third-order valence-corrected chi connectivity index (χ3v) is 8.09. The first-order chi connectivity index (χ1) is 9.94. The maximum Gasteiger partial charge on any atom is 0.137 e. The Hall–Kier alpha value is -0.370. The molecule has 2 nitrogen and oxygen atoms in total. The van der Waals surface area contributed by atoms with Crippen molar-refractivity contribution >= 4 is 5.78 Å². The summed E-state index contributed by atoms with van der Waals surface area (Å²) in [5, 5.41) is 10.0. The summed E-state index contributed by atoms with van der Waals surface area (Å²) in [4.78, 5) is 13.1. The van der Waals surface area contributed by atoms with Crippen LogP contribution in [0.3, 0.4) is 0 Å². The highest BCUT2D eigenvalue weighted by Crippen LogP contribution is 2.65. The van der Waals surface area contributed by atoms with Gasteiger partial charge in [0.05, 0.1) is 6.10 Å². The fourth-order valence-electron chi connectivity index (χ4n) is 7.06. The molecule has 0 heterocycles. The summed E-state index contributed by atoms with van der Waals surface area (Å²) in [7, 11) is 0. The average molecular weight is 290 g/mol. The highest BCUT2D eigenvalue weighted by atomic mass is 16.3. The number of fused-ring (bicyclic) bond motifs is 5. The van der Waals surface area contributed by atoms with Gasteiger partial charge in [0.25, 0.3) is 0 Å². The maximum absolute atomic E-state index is 13.1. The molecule has 0 aromatic heterocycles. The van der Waals surface area contributed by atoms with Gasteiger partial charge in [0.15, 0.2) is 0 Å². The SMILES string of the molecule is C[C@@]12CCC[C@H]1[C@@H]1CC[C@H]3C[C@H](O)CC[C@]3(C)[C@H]1C(=O)C2. The van der Waals surface area contributed by atoms with Crippen molar-refractivity contribution in [2.75, 3.05) is 0 Å².